The van der Waals surface area contributed by atoms with E-state index < -0.39 is 31.2 Å². The zero-order valence-electron chi connectivity index (χ0n) is 19.9. The van der Waals surface area contributed by atoms with Crippen LogP contribution in [0.5, 0.6) is 5.75 Å². The van der Waals surface area contributed by atoms with Gasteiger partial charge in [-0.25, -0.2) is 13.8 Å². The summed E-state index contributed by atoms with van der Waals surface area (Å²) in [6.45, 7) is 0.213. The van der Waals surface area contributed by atoms with Gasteiger partial charge in [0, 0.05) is 16.3 Å². The van der Waals surface area contributed by atoms with Gasteiger partial charge in [-0.3, -0.25) is 9.36 Å². The Labute approximate surface area is 222 Å². The molecule has 4 atom stereocenters. The molecule has 1 aliphatic rings. The van der Waals surface area contributed by atoms with E-state index in [-0.39, 0.29) is 17.5 Å². The number of nitrogens with zero attached hydrogens (tertiary/aromatic N) is 2. The maximum Gasteiger partial charge on any atom is 0.272 e. The molecule has 1 aromatic heterocycles. The SMILES string of the molecule is Cc1c(C(=O)NC2CCCCC2O)nc(-c2ccc(Cl)cc2Cl)n1-c1ccc(OC(F)C(F)CF)cc1. The quantitative estimate of drug-likeness (QED) is 0.348. The van der Waals surface area contributed by atoms with Crippen LogP contribution in [0.15, 0.2) is 42.5 Å². The number of halogens is 5. The lowest BCUT2D eigenvalue weighted by atomic mass is 9.92. The topological polar surface area (TPSA) is 76.4 Å². The summed E-state index contributed by atoms with van der Waals surface area (Å²) in [7, 11) is 0. The van der Waals surface area contributed by atoms with E-state index in [2.05, 4.69) is 10.3 Å². The van der Waals surface area contributed by atoms with Gasteiger partial charge in [0.25, 0.3) is 12.3 Å². The van der Waals surface area contributed by atoms with Gasteiger partial charge in [-0.05, 0) is 62.2 Å². The fourth-order valence-electron chi connectivity index (χ4n) is 4.35. The Morgan fingerprint density at radius 3 is 2.54 bits per heavy atom. The molecule has 1 fully saturated rings. The molecule has 198 valence electrons. The molecule has 1 saturated carbocycles. The minimum atomic E-state index is -2.44. The van der Waals surface area contributed by atoms with Gasteiger partial charge < -0.3 is 15.2 Å². The van der Waals surface area contributed by atoms with E-state index in [0.717, 1.165) is 12.8 Å². The Kier molecular flexibility index (Phi) is 8.67. The summed E-state index contributed by atoms with van der Waals surface area (Å²) in [6.07, 6.45) is -2.36. The molecule has 0 radical (unpaired) electrons. The summed E-state index contributed by atoms with van der Waals surface area (Å²) < 4.78 is 45.9. The van der Waals surface area contributed by atoms with Gasteiger partial charge in [0.05, 0.1) is 22.9 Å². The Bertz CT molecular complexity index is 1260. The first-order valence-corrected chi connectivity index (χ1v) is 12.6. The van der Waals surface area contributed by atoms with E-state index in [1.807, 2.05) is 0 Å². The molecular formula is C26H26Cl2F3N3O3. The third kappa shape index (κ3) is 6.05. The molecule has 1 aliphatic carbocycles. The van der Waals surface area contributed by atoms with Crippen molar-refractivity contribution in [3.8, 4) is 22.8 Å². The standard InChI is InChI=1S/C26H26Cl2F3N3O3/c1-14-23(26(36)32-21-4-2-3-5-22(21)35)33-25(18-11-6-15(27)12-19(18)28)34(14)16-7-9-17(10-8-16)37-24(31)20(30)13-29/h6-12,20-22,24,35H,2-5,13H2,1H3,(H,32,36). The third-order valence-electron chi connectivity index (χ3n) is 6.32. The first-order chi connectivity index (χ1) is 17.7. The van der Waals surface area contributed by atoms with Gasteiger partial charge in [-0.2, -0.15) is 4.39 Å². The molecule has 2 aromatic carbocycles. The Hall–Kier alpha value is -2.75. The Balaban J connectivity index is 1.72. The zero-order chi connectivity index (χ0) is 26.7. The van der Waals surface area contributed by atoms with Crippen molar-refractivity contribution in [1.82, 2.24) is 14.9 Å². The van der Waals surface area contributed by atoms with Crippen LogP contribution in [0.2, 0.25) is 10.0 Å². The van der Waals surface area contributed by atoms with Gasteiger partial charge in [0.15, 0.2) is 6.17 Å². The van der Waals surface area contributed by atoms with Gasteiger partial charge >= 0.3 is 0 Å². The van der Waals surface area contributed by atoms with Crippen molar-refractivity contribution in [2.45, 2.75) is 57.3 Å². The van der Waals surface area contributed by atoms with Crippen molar-refractivity contribution in [3.63, 3.8) is 0 Å². The molecule has 0 spiro atoms. The number of rotatable bonds is 8. The summed E-state index contributed by atoms with van der Waals surface area (Å²) in [5.74, 6) is -0.0822. The largest absolute Gasteiger partial charge is 0.457 e. The molecule has 0 aliphatic heterocycles. The zero-order valence-corrected chi connectivity index (χ0v) is 21.4. The molecule has 0 bridgehead atoms. The van der Waals surface area contributed by atoms with Crippen molar-refractivity contribution in [3.05, 3.63) is 63.9 Å². The lowest BCUT2D eigenvalue weighted by Crippen LogP contribution is -2.45. The van der Waals surface area contributed by atoms with Crippen LogP contribution >= 0.6 is 23.2 Å². The number of hydrogen-bond acceptors (Lipinski definition) is 4. The summed E-state index contributed by atoms with van der Waals surface area (Å²) in [4.78, 5) is 17.8. The molecule has 4 rings (SSSR count). The molecular weight excluding hydrogens is 530 g/mol. The molecule has 3 aromatic rings. The minimum absolute atomic E-state index is 0.000413. The maximum atomic E-state index is 13.7. The summed E-state index contributed by atoms with van der Waals surface area (Å²) >= 11 is 12.5. The summed E-state index contributed by atoms with van der Waals surface area (Å²) in [5, 5.41) is 13.9. The van der Waals surface area contributed by atoms with Crippen molar-refractivity contribution >= 4 is 29.1 Å². The van der Waals surface area contributed by atoms with E-state index in [4.69, 9.17) is 27.9 Å². The highest BCUT2D eigenvalue weighted by molar-refractivity contribution is 6.36. The normalized spacial score (nSPS) is 19.3. The van der Waals surface area contributed by atoms with Crippen LogP contribution in [-0.4, -0.2) is 51.9 Å². The van der Waals surface area contributed by atoms with Crippen LogP contribution < -0.4 is 10.1 Å². The summed E-state index contributed by atoms with van der Waals surface area (Å²) in [6, 6.07) is 10.4. The number of carbonyl (C=O) groups excluding carboxylic acids is 1. The number of benzene rings is 2. The lowest BCUT2D eigenvalue weighted by Gasteiger charge is -2.28. The number of alkyl halides is 3. The highest BCUT2D eigenvalue weighted by Gasteiger charge is 2.29. The molecule has 4 unspecified atom stereocenters. The van der Waals surface area contributed by atoms with Crippen LogP contribution in [-0.2, 0) is 0 Å². The first kappa shape index (κ1) is 27.3. The first-order valence-electron chi connectivity index (χ1n) is 11.8. The molecule has 1 amide bonds. The van der Waals surface area contributed by atoms with Crippen LogP contribution in [0.1, 0.15) is 41.9 Å². The average molecular weight is 556 g/mol. The number of aromatic nitrogens is 2. The second-order valence-electron chi connectivity index (χ2n) is 8.89. The van der Waals surface area contributed by atoms with Crippen molar-refractivity contribution in [2.24, 2.45) is 0 Å². The number of hydrogen-bond donors (Lipinski definition) is 2. The molecule has 2 N–H and O–H groups in total. The smallest absolute Gasteiger partial charge is 0.272 e. The molecule has 0 saturated heterocycles. The maximum absolute atomic E-state index is 13.7. The number of amides is 1. The van der Waals surface area contributed by atoms with Crippen LogP contribution in [0.25, 0.3) is 17.1 Å². The monoisotopic (exact) mass is 555 g/mol. The Morgan fingerprint density at radius 1 is 1.19 bits per heavy atom. The van der Waals surface area contributed by atoms with Gasteiger partial charge in [-0.15, -0.1) is 0 Å². The Morgan fingerprint density at radius 2 is 1.89 bits per heavy atom. The van der Waals surface area contributed by atoms with Crippen LogP contribution in [0.4, 0.5) is 13.2 Å². The van der Waals surface area contributed by atoms with E-state index in [0.29, 0.717) is 45.7 Å². The van der Waals surface area contributed by atoms with Crippen LogP contribution in [0, 0.1) is 6.92 Å². The fraction of sp³-hybridized carbons (Fsp3) is 0.385. The summed E-state index contributed by atoms with van der Waals surface area (Å²) in [5.41, 5.74) is 1.68. The van der Waals surface area contributed by atoms with E-state index in [1.54, 1.807) is 41.8 Å². The predicted octanol–water partition coefficient (Wildman–Crippen LogP) is 6.17. The van der Waals surface area contributed by atoms with Crippen molar-refractivity contribution < 1.29 is 27.8 Å². The average Bonchev–Trinajstić information content (AvgIpc) is 3.22. The lowest BCUT2D eigenvalue weighted by molar-refractivity contribution is -0.0148. The number of imidazole rings is 1. The number of carbonyl (C=O) groups is 1. The molecule has 1 heterocycles. The van der Waals surface area contributed by atoms with E-state index >= 15 is 0 Å². The van der Waals surface area contributed by atoms with Gasteiger partial charge in [0.1, 0.15) is 23.9 Å². The molecule has 11 heteroatoms. The number of aliphatic hydroxyl groups excluding tert-OH is 1. The van der Waals surface area contributed by atoms with E-state index in [9.17, 15) is 23.1 Å². The number of aliphatic hydroxyl groups is 1. The van der Waals surface area contributed by atoms with Crippen molar-refractivity contribution in [2.75, 3.05) is 6.67 Å². The highest BCUT2D eigenvalue weighted by Crippen LogP contribution is 2.34. The van der Waals surface area contributed by atoms with E-state index in [1.165, 1.54) is 12.1 Å². The van der Waals surface area contributed by atoms with Crippen molar-refractivity contribution in [1.29, 1.82) is 0 Å². The number of nitrogens with one attached hydrogen (secondary N) is 1. The van der Waals surface area contributed by atoms with Gasteiger partial charge in [0.2, 0.25) is 0 Å². The second-order valence-corrected chi connectivity index (χ2v) is 9.74. The number of ether oxygens (including phenoxy) is 1. The molecule has 6 nitrogen and oxygen atoms in total. The molecule has 37 heavy (non-hydrogen) atoms. The van der Waals surface area contributed by atoms with Gasteiger partial charge in [-0.1, -0.05) is 36.0 Å². The second kappa shape index (κ2) is 11.8. The minimum Gasteiger partial charge on any atom is -0.457 e. The predicted molar refractivity (Wildman–Crippen MR) is 136 cm³/mol. The highest BCUT2D eigenvalue weighted by atomic mass is 35.5. The third-order valence-corrected chi connectivity index (χ3v) is 6.86. The fourth-order valence-corrected chi connectivity index (χ4v) is 4.84. The van der Waals surface area contributed by atoms with Crippen LogP contribution in [0.3, 0.4) is 0 Å².